The van der Waals surface area contributed by atoms with Crippen molar-refractivity contribution >= 4 is 0 Å². The molecule has 2 aromatic rings. The van der Waals surface area contributed by atoms with Gasteiger partial charge in [-0.05, 0) is 38.4 Å². The minimum atomic E-state index is -0.312. The number of nitrogens with one attached hydrogen (secondary N) is 1. The van der Waals surface area contributed by atoms with E-state index in [-0.39, 0.29) is 11.5 Å². The van der Waals surface area contributed by atoms with Gasteiger partial charge in [0.2, 0.25) is 5.89 Å². The van der Waals surface area contributed by atoms with Crippen LogP contribution in [0.1, 0.15) is 44.0 Å². The predicted octanol–water partition coefficient (Wildman–Crippen LogP) is 2.63. The van der Waals surface area contributed by atoms with Gasteiger partial charge in [0.15, 0.2) is 5.82 Å². The van der Waals surface area contributed by atoms with Crippen LogP contribution in [0, 0.1) is 0 Å². The van der Waals surface area contributed by atoms with E-state index in [9.17, 15) is 0 Å². The van der Waals surface area contributed by atoms with Crippen LogP contribution in [-0.4, -0.2) is 23.3 Å². The van der Waals surface area contributed by atoms with E-state index < -0.39 is 0 Å². The van der Waals surface area contributed by atoms with Gasteiger partial charge in [0.25, 0.3) is 0 Å². The second-order valence-electron chi connectivity index (χ2n) is 5.93. The molecule has 112 valence electrons. The van der Waals surface area contributed by atoms with Gasteiger partial charge in [-0.15, -0.1) is 0 Å². The molecule has 0 saturated heterocycles. The lowest BCUT2D eigenvalue weighted by Crippen LogP contribution is -2.36. The molecule has 0 bridgehead atoms. The lowest BCUT2D eigenvalue weighted by atomic mass is 9.96. The fourth-order valence-corrected chi connectivity index (χ4v) is 2.67. The van der Waals surface area contributed by atoms with Gasteiger partial charge in [-0.25, -0.2) is 0 Å². The Morgan fingerprint density at radius 3 is 2.95 bits per heavy atom. The van der Waals surface area contributed by atoms with Crippen LogP contribution in [0.3, 0.4) is 0 Å². The SMILES string of the molecule is CCNC(C)(C)c1nc(C2COc3ccccc3C2)no1. The van der Waals surface area contributed by atoms with Crippen molar-refractivity contribution in [2.75, 3.05) is 13.2 Å². The topological polar surface area (TPSA) is 60.2 Å². The highest BCUT2D eigenvalue weighted by Crippen LogP contribution is 2.31. The van der Waals surface area contributed by atoms with Gasteiger partial charge in [0.05, 0.1) is 18.1 Å². The van der Waals surface area contributed by atoms with Gasteiger partial charge >= 0.3 is 0 Å². The summed E-state index contributed by atoms with van der Waals surface area (Å²) in [7, 11) is 0. The molecule has 21 heavy (non-hydrogen) atoms. The summed E-state index contributed by atoms with van der Waals surface area (Å²) >= 11 is 0. The molecule has 2 heterocycles. The summed E-state index contributed by atoms with van der Waals surface area (Å²) in [6, 6.07) is 8.11. The Balaban J connectivity index is 1.79. The smallest absolute Gasteiger partial charge is 0.246 e. The van der Waals surface area contributed by atoms with E-state index in [0.29, 0.717) is 12.5 Å². The van der Waals surface area contributed by atoms with E-state index in [4.69, 9.17) is 9.26 Å². The van der Waals surface area contributed by atoms with Gasteiger partial charge in [-0.3, -0.25) is 0 Å². The minimum absolute atomic E-state index is 0.148. The van der Waals surface area contributed by atoms with E-state index >= 15 is 0 Å². The lowest BCUT2D eigenvalue weighted by Gasteiger charge is -2.23. The van der Waals surface area contributed by atoms with E-state index in [1.54, 1.807) is 0 Å². The highest BCUT2D eigenvalue weighted by atomic mass is 16.5. The van der Waals surface area contributed by atoms with E-state index in [2.05, 4.69) is 28.4 Å². The Hall–Kier alpha value is -1.88. The first-order valence-corrected chi connectivity index (χ1v) is 7.40. The molecule has 0 amide bonds. The number of aromatic nitrogens is 2. The van der Waals surface area contributed by atoms with Crippen molar-refractivity contribution in [2.24, 2.45) is 0 Å². The minimum Gasteiger partial charge on any atom is -0.493 e. The second-order valence-corrected chi connectivity index (χ2v) is 5.93. The van der Waals surface area contributed by atoms with Crippen LogP contribution in [0.4, 0.5) is 0 Å². The number of ether oxygens (including phenoxy) is 1. The number of fused-ring (bicyclic) bond motifs is 1. The van der Waals surface area contributed by atoms with Crippen LogP contribution in [0.5, 0.6) is 5.75 Å². The van der Waals surface area contributed by atoms with Crippen LogP contribution in [-0.2, 0) is 12.0 Å². The van der Waals surface area contributed by atoms with Crippen LogP contribution >= 0.6 is 0 Å². The van der Waals surface area contributed by atoms with E-state index in [1.165, 1.54) is 5.56 Å². The molecule has 0 saturated carbocycles. The molecule has 0 aliphatic carbocycles. The molecule has 5 nitrogen and oxygen atoms in total. The average Bonchev–Trinajstić information content (AvgIpc) is 2.97. The molecule has 1 unspecified atom stereocenters. The molecule has 1 aromatic carbocycles. The van der Waals surface area contributed by atoms with E-state index in [1.807, 2.05) is 32.0 Å². The molecular formula is C16H21N3O2. The summed E-state index contributed by atoms with van der Waals surface area (Å²) in [4.78, 5) is 4.58. The van der Waals surface area contributed by atoms with Crippen molar-refractivity contribution in [1.82, 2.24) is 15.5 Å². The molecule has 1 atom stereocenters. The predicted molar refractivity (Wildman–Crippen MR) is 79.4 cm³/mol. The van der Waals surface area contributed by atoms with Gasteiger partial charge in [0.1, 0.15) is 5.75 Å². The first-order chi connectivity index (χ1) is 10.1. The van der Waals surface area contributed by atoms with Gasteiger partial charge in [-0.2, -0.15) is 4.98 Å². The molecule has 1 aromatic heterocycles. The number of benzene rings is 1. The molecule has 0 spiro atoms. The molecule has 0 fully saturated rings. The zero-order valence-electron chi connectivity index (χ0n) is 12.7. The zero-order chi connectivity index (χ0) is 14.9. The maximum absolute atomic E-state index is 5.80. The average molecular weight is 287 g/mol. The molecule has 3 rings (SSSR count). The van der Waals surface area contributed by atoms with Gasteiger partial charge < -0.3 is 14.6 Å². The summed E-state index contributed by atoms with van der Waals surface area (Å²) in [6.45, 7) is 7.59. The van der Waals surface area contributed by atoms with Gasteiger partial charge in [0, 0.05) is 0 Å². The molecular weight excluding hydrogens is 266 g/mol. The highest BCUT2D eigenvalue weighted by Gasteiger charge is 2.30. The van der Waals surface area contributed by atoms with Crippen molar-refractivity contribution in [3.63, 3.8) is 0 Å². The molecule has 1 N–H and O–H groups in total. The lowest BCUT2D eigenvalue weighted by molar-refractivity contribution is 0.249. The summed E-state index contributed by atoms with van der Waals surface area (Å²) in [5, 5.41) is 7.50. The third-order valence-corrected chi connectivity index (χ3v) is 3.84. The first-order valence-electron chi connectivity index (χ1n) is 7.40. The van der Waals surface area contributed by atoms with Crippen molar-refractivity contribution in [3.8, 4) is 5.75 Å². The summed E-state index contributed by atoms with van der Waals surface area (Å²) in [5.74, 6) is 2.46. The standard InChI is InChI=1S/C16H21N3O2/c1-4-17-16(2,3)15-18-14(19-21-15)12-9-11-7-5-6-8-13(11)20-10-12/h5-8,12,17H,4,9-10H2,1-3H3. The Morgan fingerprint density at radius 1 is 1.33 bits per heavy atom. The number of hydrogen-bond donors (Lipinski definition) is 1. The number of nitrogens with zero attached hydrogens (tertiary/aromatic N) is 2. The molecule has 1 aliphatic heterocycles. The van der Waals surface area contributed by atoms with Gasteiger partial charge in [-0.1, -0.05) is 30.3 Å². The monoisotopic (exact) mass is 287 g/mol. The summed E-state index contributed by atoms with van der Waals surface area (Å²) in [6.07, 6.45) is 0.886. The fourth-order valence-electron chi connectivity index (χ4n) is 2.67. The number of hydrogen-bond acceptors (Lipinski definition) is 5. The largest absolute Gasteiger partial charge is 0.493 e. The molecule has 1 aliphatic rings. The Bertz CT molecular complexity index is 621. The second kappa shape index (κ2) is 5.48. The molecule has 5 heteroatoms. The third-order valence-electron chi connectivity index (χ3n) is 3.84. The van der Waals surface area contributed by atoms with Crippen LogP contribution in [0.15, 0.2) is 28.8 Å². The third kappa shape index (κ3) is 2.78. The van der Waals surface area contributed by atoms with Crippen molar-refractivity contribution < 1.29 is 9.26 Å². The maximum Gasteiger partial charge on any atom is 0.246 e. The quantitative estimate of drug-likeness (QED) is 0.936. The zero-order valence-corrected chi connectivity index (χ0v) is 12.7. The number of para-hydroxylation sites is 1. The fraction of sp³-hybridized carbons (Fsp3) is 0.500. The first kappa shape index (κ1) is 14.1. The Morgan fingerprint density at radius 2 is 2.14 bits per heavy atom. The Labute approximate surface area is 124 Å². The summed E-state index contributed by atoms with van der Waals surface area (Å²) < 4.78 is 11.2. The van der Waals surface area contributed by atoms with Crippen LogP contribution in [0.25, 0.3) is 0 Å². The van der Waals surface area contributed by atoms with Crippen molar-refractivity contribution in [1.29, 1.82) is 0 Å². The molecule has 0 radical (unpaired) electrons. The van der Waals surface area contributed by atoms with Crippen LogP contribution in [0.2, 0.25) is 0 Å². The van der Waals surface area contributed by atoms with Crippen molar-refractivity contribution in [3.05, 3.63) is 41.5 Å². The Kier molecular flexibility index (Phi) is 3.68. The summed E-state index contributed by atoms with van der Waals surface area (Å²) in [5.41, 5.74) is 0.888. The number of rotatable bonds is 4. The normalized spacial score (nSPS) is 18.1. The maximum atomic E-state index is 5.80. The van der Waals surface area contributed by atoms with Crippen molar-refractivity contribution in [2.45, 2.75) is 38.6 Å². The van der Waals surface area contributed by atoms with E-state index in [0.717, 1.165) is 24.5 Å². The highest BCUT2D eigenvalue weighted by molar-refractivity contribution is 5.36. The van der Waals surface area contributed by atoms with Crippen LogP contribution < -0.4 is 10.1 Å².